The number of sulfonamides is 1. The van der Waals surface area contributed by atoms with E-state index in [4.69, 9.17) is 0 Å². The van der Waals surface area contributed by atoms with Crippen LogP contribution in [-0.2, 0) is 14.8 Å². The fourth-order valence-corrected chi connectivity index (χ4v) is 3.04. The van der Waals surface area contributed by atoms with Gasteiger partial charge in [0.1, 0.15) is 0 Å². The summed E-state index contributed by atoms with van der Waals surface area (Å²) >= 11 is 0. The molecular weight excluding hydrogens is 254 g/mol. The van der Waals surface area contributed by atoms with Crippen molar-refractivity contribution >= 4 is 15.9 Å². The Morgan fingerprint density at radius 1 is 1.17 bits per heavy atom. The number of hydrogen-bond donors (Lipinski definition) is 0. The van der Waals surface area contributed by atoms with E-state index < -0.39 is 10.0 Å². The van der Waals surface area contributed by atoms with Gasteiger partial charge < -0.3 is 4.90 Å². The molecule has 0 radical (unpaired) electrons. The van der Waals surface area contributed by atoms with E-state index in [1.807, 2.05) is 4.90 Å². The van der Waals surface area contributed by atoms with Crippen LogP contribution in [0.1, 0.15) is 13.8 Å². The SMILES string of the molecule is CC(C)S(=O)(=O)N1CCN(CC(=O)N(C)C)CC1. The highest BCUT2D eigenvalue weighted by molar-refractivity contribution is 7.89. The Morgan fingerprint density at radius 3 is 2.06 bits per heavy atom. The first kappa shape index (κ1) is 15.4. The van der Waals surface area contributed by atoms with Crippen LogP contribution in [0.2, 0.25) is 0 Å². The van der Waals surface area contributed by atoms with E-state index in [1.165, 1.54) is 4.31 Å². The van der Waals surface area contributed by atoms with Crippen LogP contribution >= 0.6 is 0 Å². The van der Waals surface area contributed by atoms with Crippen molar-refractivity contribution in [1.82, 2.24) is 14.1 Å². The van der Waals surface area contributed by atoms with Gasteiger partial charge in [-0.3, -0.25) is 9.69 Å². The average Bonchev–Trinajstić information content (AvgIpc) is 2.29. The summed E-state index contributed by atoms with van der Waals surface area (Å²) in [4.78, 5) is 15.1. The molecule has 1 fully saturated rings. The van der Waals surface area contributed by atoms with Gasteiger partial charge in [-0.15, -0.1) is 0 Å². The Labute approximate surface area is 110 Å². The summed E-state index contributed by atoms with van der Waals surface area (Å²) in [6.07, 6.45) is 0. The zero-order valence-electron chi connectivity index (χ0n) is 11.6. The minimum Gasteiger partial charge on any atom is -0.348 e. The van der Waals surface area contributed by atoms with Gasteiger partial charge in [0.25, 0.3) is 0 Å². The molecule has 18 heavy (non-hydrogen) atoms. The van der Waals surface area contributed by atoms with E-state index in [2.05, 4.69) is 0 Å². The normalized spacial score (nSPS) is 19.2. The van der Waals surface area contributed by atoms with Crippen molar-refractivity contribution in [3.8, 4) is 0 Å². The van der Waals surface area contributed by atoms with Crippen LogP contribution in [0.3, 0.4) is 0 Å². The lowest BCUT2D eigenvalue weighted by Crippen LogP contribution is -2.52. The largest absolute Gasteiger partial charge is 0.348 e. The standard InChI is InChI=1S/C11H23N3O3S/c1-10(2)18(16,17)14-7-5-13(6-8-14)9-11(15)12(3)4/h10H,5-9H2,1-4H3. The van der Waals surface area contributed by atoms with Crippen molar-refractivity contribution in [3.63, 3.8) is 0 Å². The van der Waals surface area contributed by atoms with Gasteiger partial charge in [0.15, 0.2) is 0 Å². The Kier molecular flexibility index (Phi) is 5.12. The third-order valence-electron chi connectivity index (χ3n) is 3.14. The summed E-state index contributed by atoms with van der Waals surface area (Å²) in [5, 5.41) is -0.382. The number of nitrogens with zero attached hydrogens (tertiary/aromatic N) is 3. The zero-order chi connectivity index (χ0) is 13.9. The van der Waals surface area contributed by atoms with E-state index >= 15 is 0 Å². The van der Waals surface area contributed by atoms with Crippen molar-refractivity contribution < 1.29 is 13.2 Å². The van der Waals surface area contributed by atoms with Gasteiger partial charge in [0.2, 0.25) is 15.9 Å². The highest BCUT2D eigenvalue weighted by Crippen LogP contribution is 2.12. The number of amides is 1. The second-order valence-electron chi connectivity index (χ2n) is 5.06. The van der Waals surface area contributed by atoms with Crippen molar-refractivity contribution in [2.45, 2.75) is 19.1 Å². The third-order valence-corrected chi connectivity index (χ3v) is 5.42. The molecule has 0 aromatic heterocycles. The van der Waals surface area contributed by atoms with Crippen LogP contribution in [0.25, 0.3) is 0 Å². The Morgan fingerprint density at radius 2 is 1.67 bits per heavy atom. The lowest BCUT2D eigenvalue weighted by Gasteiger charge is -2.34. The summed E-state index contributed by atoms with van der Waals surface area (Å²) in [5.41, 5.74) is 0. The first-order valence-electron chi connectivity index (χ1n) is 6.16. The maximum absolute atomic E-state index is 12.0. The molecule has 1 aliphatic rings. The molecule has 0 spiro atoms. The molecule has 0 aliphatic carbocycles. The third kappa shape index (κ3) is 3.66. The Hall–Kier alpha value is -0.660. The molecule has 0 aromatic rings. The molecule has 1 amide bonds. The maximum Gasteiger partial charge on any atom is 0.236 e. The highest BCUT2D eigenvalue weighted by Gasteiger charge is 2.29. The summed E-state index contributed by atoms with van der Waals surface area (Å²) in [6.45, 7) is 5.93. The Bertz CT molecular complexity index is 384. The Balaban J connectivity index is 2.49. The summed E-state index contributed by atoms with van der Waals surface area (Å²) in [7, 11) is 0.291. The van der Waals surface area contributed by atoms with E-state index in [0.717, 1.165) is 0 Å². The van der Waals surface area contributed by atoms with Crippen molar-refractivity contribution in [3.05, 3.63) is 0 Å². The van der Waals surface area contributed by atoms with Crippen molar-refractivity contribution in [2.75, 3.05) is 46.8 Å². The van der Waals surface area contributed by atoms with Gasteiger partial charge in [-0.1, -0.05) is 0 Å². The molecule has 0 bridgehead atoms. The minimum absolute atomic E-state index is 0.0511. The average molecular weight is 277 g/mol. The number of rotatable bonds is 4. The van der Waals surface area contributed by atoms with E-state index in [9.17, 15) is 13.2 Å². The molecule has 0 N–H and O–H groups in total. The quantitative estimate of drug-likeness (QED) is 0.690. The molecule has 6 nitrogen and oxygen atoms in total. The molecule has 7 heteroatoms. The molecule has 0 saturated carbocycles. The first-order valence-corrected chi connectivity index (χ1v) is 7.67. The summed E-state index contributed by atoms with van der Waals surface area (Å²) < 4.78 is 25.4. The number of piperazine rings is 1. The predicted octanol–water partition coefficient (Wildman–Crippen LogP) is -0.570. The van der Waals surface area contributed by atoms with Crippen LogP contribution in [0.15, 0.2) is 0 Å². The topological polar surface area (TPSA) is 60.9 Å². The van der Waals surface area contributed by atoms with Crippen molar-refractivity contribution in [1.29, 1.82) is 0 Å². The number of hydrogen-bond acceptors (Lipinski definition) is 4. The molecule has 1 rings (SSSR count). The van der Waals surface area contributed by atoms with Gasteiger partial charge in [0, 0.05) is 40.3 Å². The van der Waals surface area contributed by atoms with Crippen molar-refractivity contribution in [2.24, 2.45) is 0 Å². The predicted molar refractivity (Wildman–Crippen MR) is 70.8 cm³/mol. The summed E-state index contributed by atoms with van der Waals surface area (Å²) in [6, 6.07) is 0. The molecule has 1 aliphatic heterocycles. The monoisotopic (exact) mass is 277 g/mol. The molecule has 0 atom stereocenters. The fraction of sp³-hybridized carbons (Fsp3) is 0.909. The second-order valence-corrected chi connectivity index (χ2v) is 7.55. The molecule has 106 valence electrons. The van der Waals surface area contributed by atoms with Gasteiger partial charge in [-0.05, 0) is 13.8 Å². The highest BCUT2D eigenvalue weighted by atomic mass is 32.2. The molecule has 0 unspecified atom stereocenters. The zero-order valence-corrected chi connectivity index (χ0v) is 12.4. The first-order chi connectivity index (χ1) is 8.25. The molecule has 1 saturated heterocycles. The van der Waals surface area contributed by atoms with E-state index in [1.54, 1.807) is 32.8 Å². The number of carbonyl (C=O) groups is 1. The summed E-state index contributed by atoms with van der Waals surface area (Å²) in [5.74, 6) is 0.0511. The van der Waals surface area contributed by atoms with Gasteiger partial charge in [-0.25, -0.2) is 8.42 Å². The van der Waals surface area contributed by atoms with Gasteiger partial charge in [0.05, 0.1) is 11.8 Å². The maximum atomic E-state index is 12.0. The minimum atomic E-state index is -3.16. The molecule has 0 aromatic carbocycles. The smallest absolute Gasteiger partial charge is 0.236 e. The van der Waals surface area contributed by atoms with Gasteiger partial charge >= 0.3 is 0 Å². The van der Waals surface area contributed by atoms with E-state index in [0.29, 0.717) is 32.7 Å². The molecular formula is C11H23N3O3S. The van der Waals surface area contributed by atoms with Crippen LogP contribution in [0, 0.1) is 0 Å². The van der Waals surface area contributed by atoms with E-state index in [-0.39, 0.29) is 11.2 Å². The fourth-order valence-electron chi connectivity index (χ4n) is 1.77. The number of likely N-dealkylation sites (N-methyl/N-ethyl adjacent to an activating group) is 1. The van der Waals surface area contributed by atoms with Crippen LogP contribution in [-0.4, -0.2) is 80.5 Å². The van der Waals surface area contributed by atoms with Crippen LogP contribution < -0.4 is 0 Å². The van der Waals surface area contributed by atoms with Crippen LogP contribution in [0.4, 0.5) is 0 Å². The molecule has 1 heterocycles. The second kappa shape index (κ2) is 5.99. The van der Waals surface area contributed by atoms with Crippen LogP contribution in [0.5, 0.6) is 0 Å². The number of carbonyl (C=O) groups excluding carboxylic acids is 1. The lowest BCUT2D eigenvalue weighted by molar-refractivity contribution is -0.130. The van der Waals surface area contributed by atoms with Gasteiger partial charge in [-0.2, -0.15) is 4.31 Å². The lowest BCUT2D eigenvalue weighted by atomic mass is 10.3.